The van der Waals surface area contributed by atoms with E-state index in [0.29, 0.717) is 0 Å². The number of rotatable bonds is 1. The molecule has 0 fully saturated rings. The molecule has 3 nitrogen and oxygen atoms in total. The fourth-order valence-corrected chi connectivity index (χ4v) is 2.18. The molecule has 0 atom stereocenters. The molecule has 3 rings (SSSR count). The maximum absolute atomic E-state index is 11.8. The van der Waals surface area contributed by atoms with Gasteiger partial charge in [-0.25, -0.2) is 0 Å². The van der Waals surface area contributed by atoms with E-state index in [0.717, 1.165) is 22.4 Å². The Labute approximate surface area is 99.4 Å². The lowest BCUT2D eigenvalue weighted by Gasteiger charge is -2.15. The second-order valence-electron chi connectivity index (χ2n) is 4.85. The first-order valence-electron chi connectivity index (χ1n) is 5.57. The Morgan fingerprint density at radius 3 is 2.71 bits per heavy atom. The monoisotopic (exact) mass is 227 g/mol. The van der Waals surface area contributed by atoms with E-state index in [-0.39, 0.29) is 5.91 Å². The maximum Gasteiger partial charge on any atom is 0.234 e. The number of furan rings is 1. The molecule has 0 bridgehead atoms. The summed E-state index contributed by atoms with van der Waals surface area (Å²) >= 11 is 0. The van der Waals surface area contributed by atoms with Crippen molar-refractivity contribution in [1.82, 2.24) is 0 Å². The highest BCUT2D eigenvalue weighted by molar-refractivity contribution is 6.06. The molecule has 1 aliphatic rings. The Hall–Kier alpha value is -2.03. The van der Waals surface area contributed by atoms with Crippen molar-refractivity contribution in [3.8, 4) is 11.1 Å². The summed E-state index contributed by atoms with van der Waals surface area (Å²) in [7, 11) is 0. The summed E-state index contributed by atoms with van der Waals surface area (Å²) in [6.45, 7) is 3.88. The number of anilines is 1. The molecule has 17 heavy (non-hydrogen) atoms. The molecule has 3 heteroatoms. The number of benzene rings is 1. The summed E-state index contributed by atoms with van der Waals surface area (Å²) in [5, 5.41) is 2.90. The third-order valence-electron chi connectivity index (χ3n) is 3.36. The number of fused-ring (bicyclic) bond motifs is 1. The normalized spacial score (nSPS) is 16.7. The number of hydrogen-bond donors (Lipinski definition) is 1. The second kappa shape index (κ2) is 3.23. The zero-order valence-electron chi connectivity index (χ0n) is 9.78. The van der Waals surface area contributed by atoms with Crippen LogP contribution in [0.15, 0.2) is 41.2 Å². The van der Waals surface area contributed by atoms with Crippen molar-refractivity contribution in [3.05, 3.63) is 42.4 Å². The molecule has 0 radical (unpaired) electrons. The summed E-state index contributed by atoms with van der Waals surface area (Å²) in [5.41, 5.74) is 3.59. The zero-order valence-corrected chi connectivity index (χ0v) is 9.78. The molecule has 1 aliphatic heterocycles. The summed E-state index contributed by atoms with van der Waals surface area (Å²) in [5.74, 6) is 0.0526. The largest absolute Gasteiger partial charge is 0.472 e. The number of amides is 1. The van der Waals surface area contributed by atoms with Gasteiger partial charge in [0.25, 0.3) is 0 Å². The Kier molecular flexibility index (Phi) is 1.93. The number of carbonyl (C=O) groups excluding carboxylic acids is 1. The minimum atomic E-state index is -0.463. The van der Waals surface area contributed by atoms with Gasteiger partial charge in [-0.1, -0.05) is 6.07 Å². The van der Waals surface area contributed by atoms with Gasteiger partial charge in [-0.3, -0.25) is 4.79 Å². The molecular weight excluding hydrogens is 214 g/mol. The van der Waals surface area contributed by atoms with Crippen LogP contribution < -0.4 is 5.32 Å². The first kappa shape index (κ1) is 10.1. The molecule has 0 spiro atoms. The molecule has 2 aromatic rings. The molecule has 0 saturated heterocycles. The van der Waals surface area contributed by atoms with Crippen molar-refractivity contribution in [2.45, 2.75) is 19.3 Å². The Morgan fingerprint density at radius 2 is 2.00 bits per heavy atom. The minimum Gasteiger partial charge on any atom is -0.472 e. The van der Waals surface area contributed by atoms with E-state index in [2.05, 4.69) is 11.4 Å². The summed E-state index contributed by atoms with van der Waals surface area (Å²) in [6.07, 6.45) is 3.36. The van der Waals surface area contributed by atoms with Crippen LogP contribution in [0.5, 0.6) is 0 Å². The van der Waals surface area contributed by atoms with E-state index >= 15 is 0 Å². The smallest absolute Gasteiger partial charge is 0.234 e. The fraction of sp³-hybridized carbons (Fsp3) is 0.214. The van der Waals surface area contributed by atoms with E-state index in [1.54, 1.807) is 12.5 Å². The van der Waals surface area contributed by atoms with Gasteiger partial charge in [-0.15, -0.1) is 0 Å². The highest BCUT2D eigenvalue weighted by Crippen LogP contribution is 2.39. The SMILES string of the molecule is CC1(C)C(=O)Nc2ccc(-c3ccoc3)cc21. The van der Waals surface area contributed by atoms with Crippen molar-refractivity contribution in [2.24, 2.45) is 0 Å². The highest BCUT2D eigenvalue weighted by atomic mass is 16.3. The molecule has 2 heterocycles. The van der Waals surface area contributed by atoms with Gasteiger partial charge < -0.3 is 9.73 Å². The van der Waals surface area contributed by atoms with Crippen molar-refractivity contribution >= 4 is 11.6 Å². The summed E-state index contributed by atoms with van der Waals surface area (Å²) < 4.78 is 5.08. The topological polar surface area (TPSA) is 42.2 Å². The van der Waals surface area contributed by atoms with Crippen molar-refractivity contribution in [3.63, 3.8) is 0 Å². The minimum absolute atomic E-state index is 0.0526. The van der Waals surface area contributed by atoms with Gasteiger partial charge in [0, 0.05) is 11.3 Å². The Balaban J connectivity index is 2.15. The second-order valence-corrected chi connectivity index (χ2v) is 4.85. The van der Waals surface area contributed by atoms with E-state index in [4.69, 9.17) is 4.42 Å². The first-order valence-corrected chi connectivity index (χ1v) is 5.57. The van der Waals surface area contributed by atoms with Crippen LogP contribution in [0.2, 0.25) is 0 Å². The molecule has 0 saturated carbocycles. The summed E-state index contributed by atoms with van der Waals surface area (Å²) in [6, 6.07) is 7.91. The van der Waals surface area contributed by atoms with E-state index < -0.39 is 5.41 Å². The Bertz CT molecular complexity index is 582. The van der Waals surface area contributed by atoms with Gasteiger partial charge in [0.1, 0.15) is 0 Å². The predicted octanol–water partition coefficient (Wildman–Crippen LogP) is 3.18. The third kappa shape index (κ3) is 1.39. The predicted molar refractivity (Wildman–Crippen MR) is 65.8 cm³/mol. The van der Waals surface area contributed by atoms with Gasteiger partial charge in [-0.2, -0.15) is 0 Å². The van der Waals surface area contributed by atoms with Gasteiger partial charge in [0.2, 0.25) is 5.91 Å². The van der Waals surface area contributed by atoms with Gasteiger partial charge in [0.05, 0.1) is 17.9 Å². The average Bonchev–Trinajstić information content (AvgIpc) is 2.88. The third-order valence-corrected chi connectivity index (χ3v) is 3.36. The molecule has 0 aliphatic carbocycles. The lowest BCUT2D eigenvalue weighted by molar-refractivity contribution is -0.119. The molecular formula is C14H13NO2. The van der Waals surface area contributed by atoms with Crippen molar-refractivity contribution in [2.75, 3.05) is 5.32 Å². The van der Waals surface area contributed by atoms with Crippen molar-refractivity contribution in [1.29, 1.82) is 0 Å². The zero-order chi connectivity index (χ0) is 12.0. The molecule has 1 aromatic heterocycles. The molecule has 1 amide bonds. The van der Waals surface area contributed by atoms with Crippen LogP contribution in [-0.4, -0.2) is 5.91 Å². The molecule has 0 unspecified atom stereocenters. The highest BCUT2D eigenvalue weighted by Gasteiger charge is 2.38. The number of hydrogen-bond acceptors (Lipinski definition) is 2. The standard InChI is InChI=1S/C14H13NO2/c1-14(2)11-7-9(10-5-6-17-8-10)3-4-12(11)15-13(14)16/h3-8H,1-2H3,(H,15,16). The summed E-state index contributed by atoms with van der Waals surface area (Å²) in [4.78, 5) is 11.8. The van der Waals surface area contributed by atoms with Crippen LogP contribution in [0.3, 0.4) is 0 Å². The molecule has 1 aromatic carbocycles. The van der Waals surface area contributed by atoms with Crippen LogP contribution >= 0.6 is 0 Å². The van der Waals surface area contributed by atoms with Gasteiger partial charge in [0.15, 0.2) is 0 Å². The van der Waals surface area contributed by atoms with Gasteiger partial charge in [-0.05, 0) is 43.2 Å². The number of carbonyl (C=O) groups is 1. The van der Waals surface area contributed by atoms with E-state index in [1.165, 1.54) is 0 Å². The lowest BCUT2D eigenvalue weighted by Crippen LogP contribution is -2.26. The number of nitrogens with one attached hydrogen (secondary N) is 1. The van der Waals surface area contributed by atoms with E-state index in [9.17, 15) is 4.79 Å². The van der Waals surface area contributed by atoms with Gasteiger partial charge >= 0.3 is 0 Å². The van der Waals surface area contributed by atoms with Crippen LogP contribution in [0.25, 0.3) is 11.1 Å². The lowest BCUT2D eigenvalue weighted by atomic mass is 9.85. The average molecular weight is 227 g/mol. The quantitative estimate of drug-likeness (QED) is 0.813. The van der Waals surface area contributed by atoms with Crippen LogP contribution in [-0.2, 0) is 10.2 Å². The Morgan fingerprint density at radius 1 is 1.18 bits per heavy atom. The van der Waals surface area contributed by atoms with Crippen LogP contribution in [0.4, 0.5) is 5.69 Å². The van der Waals surface area contributed by atoms with Crippen molar-refractivity contribution < 1.29 is 9.21 Å². The van der Waals surface area contributed by atoms with Crippen LogP contribution in [0, 0.1) is 0 Å². The maximum atomic E-state index is 11.8. The molecule has 86 valence electrons. The first-order chi connectivity index (χ1) is 8.09. The molecule has 1 N–H and O–H groups in total. The fourth-order valence-electron chi connectivity index (χ4n) is 2.18. The van der Waals surface area contributed by atoms with E-state index in [1.807, 2.05) is 32.0 Å². The van der Waals surface area contributed by atoms with Crippen LogP contribution in [0.1, 0.15) is 19.4 Å².